The smallest absolute Gasteiger partial charge is 0.308 e. The second-order valence-corrected chi connectivity index (χ2v) is 6.04. The third-order valence-corrected chi connectivity index (χ3v) is 4.96. The van der Waals surface area contributed by atoms with E-state index in [-0.39, 0.29) is 18.0 Å². The van der Waals surface area contributed by atoms with Crippen molar-refractivity contribution in [1.82, 2.24) is 4.90 Å². The first-order chi connectivity index (χ1) is 9.04. The highest BCUT2D eigenvalue weighted by molar-refractivity contribution is 7.98. The molecule has 19 heavy (non-hydrogen) atoms. The van der Waals surface area contributed by atoms with Gasteiger partial charge in [0.05, 0.1) is 5.92 Å². The first kappa shape index (κ1) is 14.4. The lowest BCUT2D eigenvalue weighted by Gasteiger charge is -2.30. The molecule has 0 aromatic heterocycles. The lowest BCUT2D eigenvalue weighted by molar-refractivity contribution is -0.142. The van der Waals surface area contributed by atoms with Crippen molar-refractivity contribution in [3.05, 3.63) is 29.8 Å². The molecule has 1 aliphatic rings. The fourth-order valence-corrected chi connectivity index (χ4v) is 3.32. The topological polar surface area (TPSA) is 40.5 Å². The monoisotopic (exact) mass is 279 g/mol. The van der Waals surface area contributed by atoms with E-state index in [1.54, 1.807) is 11.8 Å². The molecule has 0 spiro atoms. The second-order valence-electron chi connectivity index (χ2n) is 5.16. The van der Waals surface area contributed by atoms with Gasteiger partial charge >= 0.3 is 5.97 Å². The number of aliphatic carboxylic acids is 1. The van der Waals surface area contributed by atoms with Gasteiger partial charge in [-0.3, -0.25) is 9.69 Å². The van der Waals surface area contributed by atoms with Crippen molar-refractivity contribution < 1.29 is 9.90 Å². The average Bonchev–Trinajstić information content (AvgIpc) is 2.80. The lowest BCUT2D eigenvalue weighted by atomic mass is 10.0. The number of hydrogen-bond acceptors (Lipinski definition) is 3. The molecule has 3 unspecified atom stereocenters. The molecule has 0 radical (unpaired) electrons. The predicted octanol–water partition coefficient (Wildman–Crippen LogP) is 3.26. The van der Waals surface area contributed by atoms with Crippen LogP contribution in [0.3, 0.4) is 0 Å². The van der Waals surface area contributed by atoms with Gasteiger partial charge in [0.1, 0.15) is 0 Å². The van der Waals surface area contributed by atoms with E-state index >= 15 is 0 Å². The fraction of sp³-hybridized carbons (Fsp3) is 0.533. The number of nitrogens with zero attached hydrogens (tertiary/aromatic N) is 1. The molecule has 3 nitrogen and oxygen atoms in total. The quantitative estimate of drug-likeness (QED) is 0.859. The molecule has 0 aliphatic carbocycles. The predicted molar refractivity (Wildman–Crippen MR) is 78.5 cm³/mol. The maximum Gasteiger partial charge on any atom is 0.308 e. The van der Waals surface area contributed by atoms with Crippen molar-refractivity contribution in [3.8, 4) is 0 Å². The number of rotatable bonds is 4. The Hall–Kier alpha value is -1.00. The maximum absolute atomic E-state index is 11.2. The summed E-state index contributed by atoms with van der Waals surface area (Å²) < 4.78 is 0. The minimum Gasteiger partial charge on any atom is -0.481 e. The molecule has 1 fully saturated rings. The van der Waals surface area contributed by atoms with Gasteiger partial charge in [0.2, 0.25) is 0 Å². The largest absolute Gasteiger partial charge is 0.481 e. The summed E-state index contributed by atoms with van der Waals surface area (Å²) >= 11 is 1.73. The van der Waals surface area contributed by atoms with Gasteiger partial charge in [-0.2, -0.15) is 0 Å². The number of carboxylic acids is 1. The van der Waals surface area contributed by atoms with Crippen LogP contribution >= 0.6 is 11.8 Å². The van der Waals surface area contributed by atoms with E-state index in [1.807, 2.05) is 6.92 Å². The highest BCUT2D eigenvalue weighted by Crippen LogP contribution is 2.33. The van der Waals surface area contributed by atoms with E-state index in [0.29, 0.717) is 0 Å². The molecule has 1 aromatic rings. The van der Waals surface area contributed by atoms with Gasteiger partial charge in [-0.15, -0.1) is 11.8 Å². The third kappa shape index (κ3) is 2.95. The minimum atomic E-state index is -0.667. The van der Waals surface area contributed by atoms with Gasteiger partial charge in [0.25, 0.3) is 0 Å². The van der Waals surface area contributed by atoms with Gasteiger partial charge in [-0.25, -0.2) is 0 Å². The van der Waals surface area contributed by atoms with Crippen molar-refractivity contribution in [1.29, 1.82) is 0 Å². The summed E-state index contributed by atoms with van der Waals surface area (Å²) in [7, 11) is 0. The van der Waals surface area contributed by atoms with Crippen molar-refractivity contribution in [2.24, 2.45) is 5.92 Å². The molecule has 104 valence electrons. The molecule has 3 atom stereocenters. The van der Waals surface area contributed by atoms with Crippen LogP contribution in [0, 0.1) is 5.92 Å². The summed E-state index contributed by atoms with van der Waals surface area (Å²) in [5.41, 5.74) is 1.26. The first-order valence-electron chi connectivity index (χ1n) is 6.67. The van der Waals surface area contributed by atoms with Crippen molar-refractivity contribution in [2.45, 2.75) is 37.2 Å². The molecular formula is C15H21NO2S. The second kappa shape index (κ2) is 5.97. The SMILES string of the molecule is CSc1ccc(C(C)N2CCC(C(=O)O)C2C)cc1. The molecule has 1 aliphatic heterocycles. The molecule has 4 heteroatoms. The van der Waals surface area contributed by atoms with Gasteiger partial charge in [-0.05, 0) is 50.8 Å². The fourth-order valence-electron chi connectivity index (χ4n) is 2.91. The molecule has 1 heterocycles. The van der Waals surface area contributed by atoms with Crippen molar-refractivity contribution >= 4 is 17.7 Å². The first-order valence-corrected chi connectivity index (χ1v) is 7.89. The minimum absolute atomic E-state index is 0.104. The van der Waals surface area contributed by atoms with Crippen LogP contribution in [0.15, 0.2) is 29.2 Å². The summed E-state index contributed by atoms with van der Waals surface area (Å²) in [6.45, 7) is 5.05. The Morgan fingerprint density at radius 3 is 2.53 bits per heavy atom. The van der Waals surface area contributed by atoms with Crippen LogP contribution in [0.4, 0.5) is 0 Å². The standard InChI is InChI=1S/C15H21NO2S/c1-10(12-4-6-13(19-3)7-5-12)16-9-8-14(11(16)2)15(17)18/h4-7,10-11,14H,8-9H2,1-3H3,(H,17,18). The Morgan fingerprint density at radius 2 is 2.05 bits per heavy atom. The number of hydrogen-bond donors (Lipinski definition) is 1. The lowest BCUT2D eigenvalue weighted by Crippen LogP contribution is -2.34. The van der Waals surface area contributed by atoms with Gasteiger partial charge < -0.3 is 5.11 Å². The van der Waals surface area contributed by atoms with E-state index in [1.165, 1.54) is 10.5 Å². The van der Waals surface area contributed by atoms with Gasteiger partial charge in [0, 0.05) is 17.0 Å². The van der Waals surface area contributed by atoms with E-state index in [4.69, 9.17) is 0 Å². The Labute approximate surface area is 119 Å². The number of thioether (sulfide) groups is 1. The van der Waals surface area contributed by atoms with Crippen molar-refractivity contribution in [2.75, 3.05) is 12.8 Å². The Balaban J connectivity index is 2.11. The number of benzene rings is 1. The molecular weight excluding hydrogens is 258 g/mol. The number of carbonyl (C=O) groups is 1. The van der Waals surface area contributed by atoms with Crippen LogP contribution in [-0.4, -0.2) is 34.8 Å². The normalized spacial score (nSPS) is 25.4. The highest BCUT2D eigenvalue weighted by atomic mass is 32.2. The zero-order valence-electron chi connectivity index (χ0n) is 11.7. The molecule has 0 amide bonds. The van der Waals surface area contributed by atoms with E-state index in [2.05, 4.69) is 42.3 Å². The zero-order chi connectivity index (χ0) is 14.0. The number of carboxylic acid groups (broad SMARTS) is 1. The Morgan fingerprint density at radius 1 is 1.42 bits per heavy atom. The molecule has 1 N–H and O–H groups in total. The van der Waals surface area contributed by atoms with E-state index < -0.39 is 5.97 Å². The third-order valence-electron chi connectivity index (χ3n) is 4.22. The highest BCUT2D eigenvalue weighted by Gasteiger charge is 2.37. The summed E-state index contributed by atoms with van der Waals surface area (Å²) in [4.78, 5) is 14.7. The van der Waals surface area contributed by atoms with Crippen LogP contribution in [0.1, 0.15) is 31.9 Å². The zero-order valence-corrected chi connectivity index (χ0v) is 12.5. The molecule has 0 bridgehead atoms. The van der Waals surface area contributed by atoms with Gasteiger partial charge in [-0.1, -0.05) is 12.1 Å². The molecule has 0 saturated carbocycles. The average molecular weight is 279 g/mol. The maximum atomic E-state index is 11.2. The van der Waals surface area contributed by atoms with E-state index in [9.17, 15) is 9.90 Å². The van der Waals surface area contributed by atoms with E-state index in [0.717, 1.165) is 13.0 Å². The Bertz CT molecular complexity index is 446. The summed E-state index contributed by atoms with van der Waals surface area (Å²) in [5.74, 6) is -0.896. The van der Waals surface area contributed by atoms with Crippen LogP contribution in [0.5, 0.6) is 0 Å². The van der Waals surface area contributed by atoms with Crippen molar-refractivity contribution in [3.63, 3.8) is 0 Å². The van der Waals surface area contributed by atoms with Gasteiger partial charge in [0.15, 0.2) is 0 Å². The molecule has 1 saturated heterocycles. The number of likely N-dealkylation sites (tertiary alicyclic amines) is 1. The summed E-state index contributed by atoms with van der Waals surface area (Å²) in [6, 6.07) is 8.94. The Kier molecular flexibility index (Phi) is 4.53. The molecule has 1 aromatic carbocycles. The summed E-state index contributed by atoms with van der Waals surface area (Å²) in [6.07, 6.45) is 2.82. The summed E-state index contributed by atoms with van der Waals surface area (Å²) in [5, 5.41) is 9.19. The van der Waals surface area contributed by atoms with Crippen LogP contribution in [-0.2, 0) is 4.79 Å². The molecule has 2 rings (SSSR count). The van der Waals surface area contributed by atoms with Crippen LogP contribution in [0.25, 0.3) is 0 Å². The van der Waals surface area contributed by atoms with Crippen LogP contribution < -0.4 is 0 Å². The van der Waals surface area contributed by atoms with Crippen LogP contribution in [0.2, 0.25) is 0 Å².